The minimum atomic E-state index is 0.500. The summed E-state index contributed by atoms with van der Waals surface area (Å²) in [5.41, 5.74) is 0.942. The zero-order valence-electron chi connectivity index (χ0n) is 11.6. The summed E-state index contributed by atoms with van der Waals surface area (Å²) in [4.78, 5) is 0. The largest absolute Gasteiger partial charge is 0.382 e. The first-order valence-corrected chi connectivity index (χ1v) is 5.74. The van der Waals surface area contributed by atoms with Crippen LogP contribution in [0.3, 0.4) is 0 Å². The Morgan fingerprint density at radius 2 is 1.67 bits per heavy atom. The number of aryl methyl sites for hydroxylation is 2. The quantitative estimate of drug-likeness (QED) is 0.769. The molecule has 2 rings (SSSR count). The summed E-state index contributed by atoms with van der Waals surface area (Å²) >= 11 is 0. The predicted molar refractivity (Wildman–Crippen MR) is 66.5 cm³/mol. The predicted octanol–water partition coefficient (Wildman–Crippen LogP) is 1.56. The van der Waals surface area contributed by atoms with Crippen molar-refractivity contribution < 1.29 is 23.5 Å². The van der Waals surface area contributed by atoms with Crippen LogP contribution in [0.2, 0.25) is 0 Å². The summed E-state index contributed by atoms with van der Waals surface area (Å²) in [5, 5.41) is 3.64. The molecule has 0 amide bonds. The van der Waals surface area contributed by atoms with Crippen molar-refractivity contribution in [2.45, 2.75) is 13.8 Å². The lowest BCUT2D eigenvalue weighted by Crippen LogP contribution is -1.96. The normalized spacial score (nSPS) is 13.3. The lowest BCUT2D eigenvalue weighted by molar-refractivity contribution is 0.0692. The molecular weight excluding hydrogens is 238 g/mol. The van der Waals surface area contributed by atoms with E-state index in [9.17, 15) is 0 Å². The second kappa shape index (κ2) is 12.5. The molecule has 1 aliphatic heterocycles. The summed E-state index contributed by atoms with van der Waals surface area (Å²) in [5.74, 6) is 0.873. The van der Waals surface area contributed by atoms with Gasteiger partial charge in [-0.2, -0.15) is 0 Å². The van der Waals surface area contributed by atoms with Gasteiger partial charge in [0.1, 0.15) is 12.6 Å². The second-order valence-electron chi connectivity index (χ2n) is 3.50. The first-order chi connectivity index (χ1) is 8.70. The van der Waals surface area contributed by atoms with E-state index in [1.54, 1.807) is 14.2 Å². The molecule has 6 heteroatoms. The fraction of sp³-hybridized carbons (Fsp3) is 0.750. The standard InChI is InChI=1S/C5H7NO.C4H10O2.C3H6O2/c1-4-3-5(2)7-6-4;1-5-3-4-6-2;1-2-5-3-4-1/h3H,1-2H3;3-4H2,1-2H3;1-3H2. The molecule has 0 spiro atoms. The third kappa shape index (κ3) is 11.5. The average Bonchev–Trinajstić information content (AvgIpc) is 3.02. The average molecular weight is 261 g/mol. The summed E-state index contributed by atoms with van der Waals surface area (Å²) in [7, 11) is 3.30. The van der Waals surface area contributed by atoms with E-state index in [4.69, 9.17) is 14.0 Å². The van der Waals surface area contributed by atoms with Crippen LogP contribution >= 0.6 is 0 Å². The van der Waals surface area contributed by atoms with E-state index in [0.717, 1.165) is 24.7 Å². The SMILES string of the molecule is C1COCO1.COCCOC.Cc1cc(C)on1. The molecule has 2 heterocycles. The summed E-state index contributed by atoms with van der Waals surface area (Å²) in [6.07, 6.45) is 0. The minimum Gasteiger partial charge on any atom is -0.382 e. The Labute approximate surface area is 108 Å². The molecular formula is C12H23NO5. The van der Waals surface area contributed by atoms with Crippen molar-refractivity contribution in [2.75, 3.05) is 47.4 Å². The van der Waals surface area contributed by atoms with Crippen LogP contribution in [0, 0.1) is 13.8 Å². The van der Waals surface area contributed by atoms with Crippen LogP contribution in [0.15, 0.2) is 10.6 Å². The maximum atomic E-state index is 4.72. The number of hydrogen-bond donors (Lipinski definition) is 0. The molecule has 6 nitrogen and oxygen atoms in total. The highest BCUT2D eigenvalue weighted by Gasteiger charge is 1.93. The molecule has 1 aromatic rings. The number of hydrogen-bond acceptors (Lipinski definition) is 6. The molecule has 0 aromatic carbocycles. The van der Waals surface area contributed by atoms with Gasteiger partial charge < -0.3 is 23.5 Å². The van der Waals surface area contributed by atoms with Gasteiger partial charge in [0.2, 0.25) is 0 Å². The monoisotopic (exact) mass is 261 g/mol. The van der Waals surface area contributed by atoms with Gasteiger partial charge in [-0.25, -0.2) is 0 Å². The van der Waals surface area contributed by atoms with Crippen molar-refractivity contribution in [3.05, 3.63) is 17.5 Å². The molecule has 0 unspecified atom stereocenters. The van der Waals surface area contributed by atoms with Crippen LogP contribution in [-0.4, -0.2) is 52.6 Å². The zero-order valence-corrected chi connectivity index (χ0v) is 11.6. The van der Waals surface area contributed by atoms with Gasteiger partial charge in [0.05, 0.1) is 32.1 Å². The van der Waals surface area contributed by atoms with Gasteiger partial charge in [0.25, 0.3) is 0 Å². The second-order valence-corrected chi connectivity index (χ2v) is 3.50. The van der Waals surface area contributed by atoms with Gasteiger partial charge in [0, 0.05) is 20.3 Å². The molecule has 106 valence electrons. The Balaban J connectivity index is 0.000000244. The van der Waals surface area contributed by atoms with Crippen molar-refractivity contribution in [3.8, 4) is 0 Å². The lowest BCUT2D eigenvalue weighted by atomic mass is 10.4. The number of rotatable bonds is 3. The third-order valence-corrected chi connectivity index (χ3v) is 1.78. The zero-order chi connectivity index (χ0) is 13.6. The van der Waals surface area contributed by atoms with E-state index in [2.05, 4.69) is 14.6 Å². The molecule has 0 bridgehead atoms. The molecule has 0 saturated carbocycles. The van der Waals surface area contributed by atoms with Gasteiger partial charge in [-0.1, -0.05) is 5.16 Å². The molecule has 1 aliphatic rings. The maximum absolute atomic E-state index is 4.72. The van der Waals surface area contributed by atoms with Gasteiger partial charge in [-0.15, -0.1) is 0 Å². The van der Waals surface area contributed by atoms with Crippen molar-refractivity contribution in [1.82, 2.24) is 5.16 Å². The number of nitrogens with zero attached hydrogens (tertiary/aromatic N) is 1. The maximum Gasteiger partial charge on any atom is 0.146 e. The van der Waals surface area contributed by atoms with Gasteiger partial charge in [-0.05, 0) is 13.8 Å². The summed E-state index contributed by atoms with van der Waals surface area (Å²) < 4.78 is 23.5. The van der Waals surface area contributed by atoms with Crippen molar-refractivity contribution in [1.29, 1.82) is 0 Å². The van der Waals surface area contributed by atoms with E-state index in [-0.39, 0.29) is 0 Å². The van der Waals surface area contributed by atoms with Crippen LogP contribution in [0.4, 0.5) is 0 Å². The van der Waals surface area contributed by atoms with Crippen LogP contribution in [0.25, 0.3) is 0 Å². The summed E-state index contributed by atoms with van der Waals surface area (Å²) in [6, 6.07) is 1.89. The smallest absolute Gasteiger partial charge is 0.146 e. The van der Waals surface area contributed by atoms with E-state index in [1.165, 1.54) is 0 Å². The first-order valence-electron chi connectivity index (χ1n) is 5.74. The first kappa shape index (κ1) is 17.1. The van der Waals surface area contributed by atoms with Gasteiger partial charge >= 0.3 is 0 Å². The van der Waals surface area contributed by atoms with Crippen molar-refractivity contribution in [2.24, 2.45) is 0 Å². The Kier molecular flexibility index (Phi) is 11.8. The van der Waals surface area contributed by atoms with Crippen LogP contribution in [0.5, 0.6) is 0 Å². The van der Waals surface area contributed by atoms with E-state index < -0.39 is 0 Å². The molecule has 0 atom stereocenters. The number of aromatic nitrogens is 1. The highest BCUT2D eigenvalue weighted by molar-refractivity contribution is 4.99. The van der Waals surface area contributed by atoms with Crippen LogP contribution in [0.1, 0.15) is 11.5 Å². The molecule has 1 fully saturated rings. The van der Waals surface area contributed by atoms with Crippen LogP contribution in [-0.2, 0) is 18.9 Å². The fourth-order valence-electron chi connectivity index (χ4n) is 0.952. The molecule has 1 aromatic heterocycles. The third-order valence-electron chi connectivity index (χ3n) is 1.78. The Morgan fingerprint density at radius 3 is 1.83 bits per heavy atom. The highest BCUT2D eigenvalue weighted by atomic mass is 16.7. The van der Waals surface area contributed by atoms with Crippen LogP contribution < -0.4 is 0 Å². The molecule has 18 heavy (non-hydrogen) atoms. The number of ether oxygens (including phenoxy) is 4. The number of methoxy groups -OCH3 is 2. The molecule has 0 N–H and O–H groups in total. The Morgan fingerprint density at radius 1 is 1.11 bits per heavy atom. The molecule has 0 aliphatic carbocycles. The highest BCUT2D eigenvalue weighted by Crippen LogP contribution is 1.97. The Bertz CT molecular complexity index is 245. The molecule has 0 radical (unpaired) electrons. The summed E-state index contributed by atoms with van der Waals surface area (Å²) in [6.45, 7) is 7.21. The Hall–Kier alpha value is -0.950. The topological polar surface area (TPSA) is 63.0 Å². The van der Waals surface area contributed by atoms with Crippen molar-refractivity contribution >= 4 is 0 Å². The minimum absolute atomic E-state index is 0.500. The molecule has 1 saturated heterocycles. The lowest BCUT2D eigenvalue weighted by Gasteiger charge is -1.91. The fourth-order valence-corrected chi connectivity index (χ4v) is 0.952. The van der Waals surface area contributed by atoms with E-state index >= 15 is 0 Å². The van der Waals surface area contributed by atoms with Gasteiger partial charge in [0.15, 0.2) is 0 Å². The van der Waals surface area contributed by atoms with E-state index in [0.29, 0.717) is 20.0 Å². The van der Waals surface area contributed by atoms with E-state index in [1.807, 2.05) is 19.9 Å². The van der Waals surface area contributed by atoms with Gasteiger partial charge in [-0.3, -0.25) is 0 Å². The van der Waals surface area contributed by atoms with Crippen molar-refractivity contribution in [3.63, 3.8) is 0 Å².